The van der Waals surface area contributed by atoms with Gasteiger partial charge in [0.2, 0.25) is 0 Å². The highest BCUT2D eigenvalue weighted by atomic mass is 35.5. The van der Waals surface area contributed by atoms with Gasteiger partial charge < -0.3 is 5.11 Å². The second kappa shape index (κ2) is 6.27. The number of thioether (sulfide) groups is 1. The molecule has 19 heavy (non-hydrogen) atoms. The molecule has 2 aromatic rings. The Morgan fingerprint density at radius 3 is 2.58 bits per heavy atom. The normalized spacial score (nSPS) is 10.4. The summed E-state index contributed by atoms with van der Waals surface area (Å²) in [4.78, 5) is 20.2. The van der Waals surface area contributed by atoms with E-state index >= 15 is 0 Å². The number of carboxylic acid groups (broad SMARTS) is 1. The van der Waals surface area contributed by atoms with Crippen LogP contribution in [0.4, 0.5) is 0 Å². The average Bonchev–Trinajstić information content (AvgIpc) is 2.41. The lowest BCUT2D eigenvalue weighted by atomic mass is 10.3. The summed E-state index contributed by atoms with van der Waals surface area (Å²) in [7, 11) is 0. The van der Waals surface area contributed by atoms with E-state index in [0.29, 0.717) is 15.2 Å². The molecule has 0 radical (unpaired) electrons. The summed E-state index contributed by atoms with van der Waals surface area (Å²) in [5.41, 5.74) is 0.0951. The maximum Gasteiger partial charge on any atom is 0.340 e. The van der Waals surface area contributed by atoms with Crippen LogP contribution < -0.4 is 0 Å². The van der Waals surface area contributed by atoms with Gasteiger partial charge in [0.15, 0.2) is 5.16 Å². The molecule has 2 rings (SSSR count). The van der Waals surface area contributed by atoms with Crippen LogP contribution in [0.2, 0.25) is 5.02 Å². The molecule has 0 atom stereocenters. The number of hydrogen-bond acceptors (Lipinski definition) is 5. The zero-order chi connectivity index (χ0) is 13.8. The minimum Gasteiger partial charge on any atom is -0.478 e. The lowest BCUT2D eigenvalue weighted by Gasteiger charge is -2.06. The Bertz CT molecular complexity index is 605. The van der Waals surface area contributed by atoms with Crippen LogP contribution in [0.15, 0.2) is 45.5 Å². The predicted molar refractivity (Wildman–Crippen MR) is 76.3 cm³/mol. The first-order chi connectivity index (χ1) is 9.10. The van der Waals surface area contributed by atoms with Gasteiger partial charge >= 0.3 is 5.97 Å². The summed E-state index contributed by atoms with van der Waals surface area (Å²) < 4.78 is 0. The van der Waals surface area contributed by atoms with Gasteiger partial charge in [-0.2, -0.15) is 0 Å². The molecule has 1 N–H and O–H groups in total. The Morgan fingerprint density at radius 1 is 1.32 bits per heavy atom. The van der Waals surface area contributed by atoms with Crippen LogP contribution >= 0.6 is 35.1 Å². The van der Waals surface area contributed by atoms with Crippen LogP contribution in [-0.4, -0.2) is 27.3 Å². The largest absolute Gasteiger partial charge is 0.478 e. The van der Waals surface area contributed by atoms with Crippen molar-refractivity contribution in [1.29, 1.82) is 0 Å². The Labute approximate surface area is 123 Å². The van der Waals surface area contributed by atoms with Crippen LogP contribution in [0.5, 0.6) is 0 Å². The van der Waals surface area contributed by atoms with E-state index in [1.165, 1.54) is 29.7 Å². The second-order valence-electron chi connectivity index (χ2n) is 3.44. The number of halogens is 1. The third-order valence-corrected chi connectivity index (χ3v) is 4.00. The molecule has 1 aromatic carbocycles. The smallest absolute Gasteiger partial charge is 0.340 e. The summed E-state index contributed by atoms with van der Waals surface area (Å²) in [5.74, 6) is -1.04. The molecule has 1 heterocycles. The van der Waals surface area contributed by atoms with Crippen molar-refractivity contribution < 1.29 is 9.90 Å². The van der Waals surface area contributed by atoms with E-state index in [1.807, 2.05) is 18.4 Å². The fraction of sp³-hybridized carbons (Fsp3) is 0.0833. The number of carboxylic acids is 1. The van der Waals surface area contributed by atoms with Crippen LogP contribution in [-0.2, 0) is 0 Å². The van der Waals surface area contributed by atoms with Gasteiger partial charge in [-0.1, -0.05) is 35.1 Å². The number of aromatic carboxylic acids is 1. The fourth-order valence-corrected chi connectivity index (χ4v) is 2.69. The van der Waals surface area contributed by atoms with E-state index in [4.69, 9.17) is 16.7 Å². The number of hydrogen-bond donors (Lipinski definition) is 1. The number of aromatic nitrogens is 2. The summed E-state index contributed by atoms with van der Waals surface area (Å²) in [6.07, 6.45) is 3.17. The van der Waals surface area contributed by atoms with Crippen LogP contribution in [0.3, 0.4) is 0 Å². The zero-order valence-electron chi connectivity index (χ0n) is 9.83. The highest BCUT2D eigenvalue weighted by Gasteiger charge is 2.14. The summed E-state index contributed by atoms with van der Waals surface area (Å²) >= 11 is 8.46. The molecule has 0 aliphatic heterocycles. The third kappa shape index (κ3) is 3.62. The van der Waals surface area contributed by atoms with Crippen LogP contribution in [0, 0.1) is 0 Å². The van der Waals surface area contributed by atoms with Crippen molar-refractivity contribution in [2.75, 3.05) is 6.26 Å². The minimum atomic E-state index is -1.04. The van der Waals surface area contributed by atoms with Gasteiger partial charge in [-0.15, -0.1) is 0 Å². The van der Waals surface area contributed by atoms with Crippen molar-refractivity contribution in [3.05, 3.63) is 41.0 Å². The second-order valence-corrected chi connectivity index (χ2v) is 5.71. The number of rotatable bonds is 4. The predicted octanol–water partition coefficient (Wildman–Crippen LogP) is 3.70. The van der Waals surface area contributed by atoms with Crippen molar-refractivity contribution in [2.24, 2.45) is 0 Å². The molecular formula is C12H9ClN2O2S2. The molecule has 0 bridgehead atoms. The molecule has 0 aliphatic rings. The zero-order valence-corrected chi connectivity index (χ0v) is 12.2. The fourth-order valence-electron chi connectivity index (χ4n) is 1.29. The maximum atomic E-state index is 11.1. The first-order valence-corrected chi connectivity index (χ1v) is 7.60. The highest BCUT2D eigenvalue weighted by Crippen LogP contribution is 2.30. The van der Waals surface area contributed by atoms with Crippen molar-refractivity contribution >= 4 is 41.1 Å². The Hall–Kier alpha value is -1.24. The average molecular weight is 313 g/mol. The van der Waals surface area contributed by atoms with E-state index in [2.05, 4.69) is 9.97 Å². The molecule has 0 unspecified atom stereocenters. The van der Waals surface area contributed by atoms with Gasteiger partial charge in [-0.25, -0.2) is 14.8 Å². The van der Waals surface area contributed by atoms with Crippen molar-refractivity contribution in [1.82, 2.24) is 9.97 Å². The molecule has 7 heteroatoms. The molecule has 0 saturated carbocycles. The maximum absolute atomic E-state index is 11.1. The van der Waals surface area contributed by atoms with E-state index in [1.54, 1.807) is 12.1 Å². The lowest BCUT2D eigenvalue weighted by molar-refractivity contribution is 0.0691. The molecular weight excluding hydrogens is 304 g/mol. The molecule has 0 aliphatic carbocycles. The van der Waals surface area contributed by atoms with Crippen LogP contribution in [0.1, 0.15) is 10.4 Å². The number of carbonyl (C=O) groups is 1. The van der Waals surface area contributed by atoms with E-state index in [0.717, 1.165) is 4.90 Å². The Kier molecular flexibility index (Phi) is 4.68. The molecule has 0 fully saturated rings. The SMILES string of the molecule is CSc1ncc(C(=O)O)c(Sc2ccc(Cl)cc2)n1. The summed E-state index contributed by atoms with van der Waals surface area (Å²) in [6, 6.07) is 7.14. The summed E-state index contributed by atoms with van der Waals surface area (Å²) in [6.45, 7) is 0. The third-order valence-electron chi connectivity index (χ3n) is 2.17. The molecule has 0 spiro atoms. The first-order valence-electron chi connectivity index (χ1n) is 5.18. The Morgan fingerprint density at radius 2 is 2.00 bits per heavy atom. The van der Waals surface area contributed by atoms with Gasteiger partial charge in [0.25, 0.3) is 0 Å². The van der Waals surface area contributed by atoms with Crippen molar-refractivity contribution in [2.45, 2.75) is 15.1 Å². The first kappa shape index (κ1) is 14.2. The molecule has 0 saturated heterocycles. The lowest BCUT2D eigenvalue weighted by Crippen LogP contribution is -2.03. The van der Waals surface area contributed by atoms with E-state index in [9.17, 15) is 4.79 Å². The minimum absolute atomic E-state index is 0.0951. The molecule has 0 amide bonds. The Balaban J connectivity index is 2.36. The van der Waals surface area contributed by atoms with Crippen molar-refractivity contribution in [3.8, 4) is 0 Å². The molecule has 98 valence electrons. The quantitative estimate of drug-likeness (QED) is 0.527. The van der Waals surface area contributed by atoms with Gasteiger partial charge in [0.05, 0.1) is 0 Å². The van der Waals surface area contributed by atoms with Crippen molar-refractivity contribution in [3.63, 3.8) is 0 Å². The standard InChI is InChI=1S/C12H9ClN2O2S2/c1-18-12-14-6-9(11(16)17)10(15-12)19-8-4-2-7(13)3-5-8/h2-6H,1H3,(H,16,17). The van der Waals surface area contributed by atoms with Gasteiger partial charge in [-0.05, 0) is 30.5 Å². The van der Waals surface area contributed by atoms with Crippen LogP contribution in [0.25, 0.3) is 0 Å². The number of benzene rings is 1. The van der Waals surface area contributed by atoms with Gasteiger partial charge in [-0.3, -0.25) is 0 Å². The highest BCUT2D eigenvalue weighted by molar-refractivity contribution is 7.99. The number of nitrogens with zero attached hydrogens (tertiary/aromatic N) is 2. The summed E-state index contributed by atoms with van der Waals surface area (Å²) in [5, 5.41) is 10.7. The van der Waals surface area contributed by atoms with E-state index in [-0.39, 0.29) is 5.56 Å². The molecule has 4 nitrogen and oxygen atoms in total. The monoisotopic (exact) mass is 312 g/mol. The van der Waals surface area contributed by atoms with Gasteiger partial charge in [0.1, 0.15) is 10.6 Å². The van der Waals surface area contributed by atoms with E-state index < -0.39 is 5.97 Å². The topological polar surface area (TPSA) is 63.1 Å². The molecule has 1 aromatic heterocycles. The van der Waals surface area contributed by atoms with Gasteiger partial charge in [0, 0.05) is 16.1 Å².